The van der Waals surface area contributed by atoms with Crippen LogP contribution in [0.3, 0.4) is 0 Å². The second kappa shape index (κ2) is 6.51. The Kier molecular flexibility index (Phi) is 6.07. The Bertz CT molecular complexity index is 448. The van der Waals surface area contributed by atoms with Gasteiger partial charge in [0.2, 0.25) is 0 Å². The molecule has 0 radical (unpaired) electrons. The van der Waals surface area contributed by atoms with E-state index in [0.29, 0.717) is 0 Å². The molecule has 1 unspecified atom stereocenters. The van der Waals surface area contributed by atoms with Crippen molar-refractivity contribution in [2.24, 2.45) is 0 Å². The van der Waals surface area contributed by atoms with Gasteiger partial charge in [0, 0.05) is 6.08 Å². The molecule has 0 aliphatic heterocycles. The lowest BCUT2D eigenvalue weighted by Gasteiger charge is -2.39. The highest BCUT2D eigenvalue weighted by Crippen LogP contribution is 2.55. The first-order valence-electron chi connectivity index (χ1n) is 5.27. The molecule has 1 atom stereocenters. The minimum Gasteiger partial charge on any atom is -0.459 e. The van der Waals surface area contributed by atoms with Crippen molar-refractivity contribution in [2.75, 3.05) is 6.61 Å². The summed E-state index contributed by atoms with van der Waals surface area (Å²) >= 11 is 0. The highest BCUT2D eigenvalue weighted by molar-refractivity contribution is 5.81. The van der Waals surface area contributed by atoms with E-state index in [4.69, 9.17) is 0 Å². The van der Waals surface area contributed by atoms with Crippen LogP contribution in [0, 0.1) is 0 Å². The summed E-state index contributed by atoms with van der Waals surface area (Å²) in [6.07, 6.45) is -10.4. The van der Waals surface area contributed by atoms with E-state index in [0.717, 1.165) is 0 Å². The average Bonchev–Trinajstić information content (AvgIpc) is 2.42. The van der Waals surface area contributed by atoms with Gasteiger partial charge >= 0.3 is 30.2 Å². The van der Waals surface area contributed by atoms with E-state index >= 15 is 0 Å². The van der Waals surface area contributed by atoms with Crippen LogP contribution in [0.1, 0.15) is 0 Å². The highest BCUT2D eigenvalue weighted by atomic mass is 19.4. The standard InChI is InChI=1S/C10H7F11O2/c1-2-4(22)23-3-7(15,5(11)12)9(18,19)10(20,21)8(16,17)6(13)14/h2,5-6H,1,3H2. The van der Waals surface area contributed by atoms with Crippen LogP contribution in [0.4, 0.5) is 48.3 Å². The minimum absolute atomic E-state index is 0.135. The van der Waals surface area contributed by atoms with Crippen LogP contribution in [-0.4, -0.2) is 48.9 Å². The number of hydrogen-bond donors (Lipinski definition) is 0. The second-order valence-electron chi connectivity index (χ2n) is 4.05. The lowest BCUT2D eigenvalue weighted by molar-refractivity contribution is -0.378. The lowest BCUT2D eigenvalue weighted by atomic mass is 9.90. The first-order valence-corrected chi connectivity index (χ1v) is 5.27. The Hall–Kier alpha value is -1.56. The SMILES string of the molecule is C=CC(=O)OCC(F)(C(F)F)C(F)(F)C(F)(F)C(F)(F)C(F)F. The molecule has 0 N–H and O–H groups in total. The van der Waals surface area contributed by atoms with Crippen molar-refractivity contribution in [3.05, 3.63) is 12.7 Å². The predicted octanol–water partition coefficient (Wildman–Crippen LogP) is 3.86. The maximum absolute atomic E-state index is 13.6. The first-order chi connectivity index (χ1) is 10.1. The van der Waals surface area contributed by atoms with Gasteiger partial charge in [-0.05, 0) is 0 Å². The largest absolute Gasteiger partial charge is 0.459 e. The minimum atomic E-state index is -7.22. The summed E-state index contributed by atoms with van der Waals surface area (Å²) in [5, 5.41) is 0. The molecular formula is C10H7F11O2. The number of esters is 1. The van der Waals surface area contributed by atoms with E-state index in [-0.39, 0.29) is 6.08 Å². The molecule has 2 nitrogen and oxygen atoms in total. The van der Waals surface area contributed by atoms with Gasteiger partial charge in [0.25, 0.3) is 12.1 Å². The van der Waals surface area contributed by atoms with Crippen molar-refractivity contribution in [3.8, 4) is 0 Å². The third kappa shape index (κ3) is 3.37. The number of halogens is 11. The molecule has 23 heavy (non-hydrogen) atoms. The van der Waals surface area contributed by atoms with Gasteiger partial charge in [-0.3, -0.25) is 0 Å². The molecule has 0 aliphatic carbocycles. The smallest absolute Gasteiger partial charge is 0.381 e. The van der Waals surface area contributed by atoms with Gasteiger partial charge in [-0.2, -0.15) is 26.3 Å². The Labute approximate surface area is 120 Å². The zero-order valence-electron chi connectivity index (χ0n) is 10.6. The summed E-state index contributed by atoms with van der Waals surface area (Å²) in [5.41, 5.74) is -5.87. The summed E-state index contributed by atoms with van der Waals surface area (Å²) in [6, 6.07) is 0. The van der Waals surface area contributed by atoms with Crippen LogP contribution in [0.2, 0.25) is 0 Å². The van der Waals surface area contributed by atoms with Crippen LogP contribution in [0.25, 0.3) is 0 Å². The zero-order chi connectivity index (χ0) is 18.9. The van der Waals surface area contributed by atoms with Crippen LogP contribution >= 0.6 is 0 Å². The number of rotatable bonds is 8. The van der Waals surface area contributed by atoms with Gasteiger partial charge in [0.15, 0.2) is 0 Å². The van der Waals surface area contributed by atoms with Crippen molar-refractivity contribution in [3.63, 3.8) is 0 Å². The fourth-order valence-corrected chi connectivity index (χ4v) is 1.13. The van der Waals surface area contributed by atoms with Crippen LogP contribution < -0.4 is 0 Å². The molecule has 0 saturated carbocycles. The molecule has 0 amide bonds. The quantitative estimate of drug-likeness (QED) is 0.370. The molecule has 0 fully saturated rings. The van der Waals surface area contributed by atoms with Crippen LogP contribution in [0.5, 0.6) is 0 Å². The van der Waals surface area contributed by atoms with E-state index < -0.39 is 48.9 Å². The molecule has 0 aliphatic rings. The van der Waals surface area contributed by atoms with E-state index in [1.807, 2.05) is 0 Å². The molecule has 0 heterocycles. The lowest BCUT2D eigenvalue weighted by Crippen LogP contribution is -2.68. The third-order valence-corrected chi connectivity index (χ3v) is 2.55. The Balaban J connectivity index is 5.94. The van der Waals surface area contributed by atoms with Gasteiger partial charge < -0.3 is 4.74 Å². The topological polar surface area (TPSA) is 26.3 Å². The molecule has 0 rings (SSSR count). The zero-order valence-corrected chi connectivity index (χ0v) is 10.6. The van der Waals surface area contributed by atoms with Crippen molar-refractivity contribution < 1.29 is 57.8 Å². The molecular weight excluding hydrogens is 361 g/mol. The summed E-state index contributed by atoms with van der Waals surface area (Å²) < 4.78 is 143. The molecule has 0 aromatic heterocycles. The Morgan fingerprint density at radius 3 is 1.65 bits per heavy atom. The number of ether oxygens (including phenoxy) is 1. The number of hydrogen-bond acceptors (Lipinski definition) is 2. The number of carbonyl (C=O) groups is 1. The summed E-state index contributed by atoms with van der Waals surface area (Å²) in [4.78, 5) is 10.5. The normalized spacial score (nSPS) is 16.4. The fourth-order valence-electron chi connectivity index (χ4n) is 1.13. The van der Waals surface area contributed by atoms with E-state index in [2.05, 4.69) is 11.3 Å². The molecule has 0 saturated heterocycles. The fraction of sp³-hybridized carbons (Fsp3) is 0.700. The summed E-state index contributed by atoms with van der Waals surface area (Å²) in [7, 11) is 0. The third-order valence-electron chi connectivity index (χ3n) is 2.55. The van der Waals surface area contributed by atoms with Crippen LogP contribution in [-0.2, 0) is 9.53 Å². The maximum atomic E-state index is 13.6. The van der Waals surface area contributed by atoms with Gasteiger partial charge in [-0.15, -0.1) is 0 Å². The summed E-state index contributed by atoms with van der Waals surface area (Å²) in [5.74, 6) is -22.9. The van der Waals surface area contributed by atoms with E-state index in [9.17, 15) is 53.1 Å². The molecule has 0 spiro atoms. The van der Waals surface area contributed by atoms with Gasteiger partial charge in [0.1, 0.15) is 6.61 Å². The van der Waals surface area contributed by atoms with Gasteiger partial charge in [0.05, 0.1) is 0 Å². The second-order valence-corrected chi connectivity index (χ2v) is 4.05. The van der Waals surface area contributed by atoms with Gasteiger partial charge in [-0.25, -0.2) is 26.7 Å². The Morgan fingerprint density at radius 1 is 0.913 bits per heavy atom. The maximum Gasteiger partial charge on any atom is 0.381 e. The van der Waals surface area contributed by atoms with Crippen molar-refractivity contribution in [1.82, 2.24) is 0 Å². The molecule has 136 valence electrons. The van der Waals surface area contributed by atoms with Crippen molar-refractivity contribution in [2.45, 2.75) is 36.3 Å². The van der Waals surface area contributed by atoms with Crippen molar-refractivity contribution in [1.29, 1.82) is 0 Å². The van der Waals surface area contributed by atoms with Crippen molar-refractivity contribution >= 4 is 5.97 Å². The summed E-state index contributed by atoms with van der Waals surface area (Å²) in [6.45, 7) is -0.168. The molecule has 0 bridgehead atoms. The molecule has 0 aromatic rings. The molecule has 0 aromatic carbocycles. The number of alkyl halides is 11. The van der Waals surface area contributed by atoms with Gasteiger partial charge in [-0.1, -0.05) is 6.58 Å². The predicted molar refractivity (Wildman–Crippen MR) is 51.8 cm³/mol. The van der Waals surface area contributed by atoms with Crippen LogP contribution in [0.15, 0.2) is 12.7 Å². The van der Waals surface area contributed by atoms with E-state index in [1.165, 1.54) is 0 Å². The Morgan fingerprint density at radius 2 is 1.35 bits per heavy atom. The number of carbonyl (C=O) groups excluding carboxylic acids is 1. The highest BCUT2D eigenvalue weighted by Gasteiger charge is 2.84. The first kappa shape index (κ1) is 21.4. The average molecular weight is 368 g/mol. The van der Waals surface area contributed by atoms with E-state index in [1.54, 1.807) is 0 Å². The molecule has 13 heteroatoms. The monoisotopic (exact) mass is 368 g/mol.